The zero-order valence-corrected chi connectivity index (χ0v) is 6.70. The van der Waals surface area contributed by atoms with E-state index in [1.807, 2.05) is 25.2 Å². The normalized spacial score (nSPS) is 9.27. The first kappa shape index (κ1) is 7.72. The zero-order valence-electron chi connectivity index (χ0n) is 6.70. The van der Waals surface area contributed by atoms with Crippen LogP contribution in [0.5, 0.6) is 0 Å². The number of nitrogens with one attached hydrogen (secondary N) is 1. The molecule has 11 heavy (non-hydrogen) atoms. The lowest BCUT2D eigenvalue weighted by atomic mass is 10.4. The number of anilines is 1. The monoisotopic (exact) mass is 149 g/mol. The van der Waals surface area contributed by atoms with E-state index in [-0.39, 0.29) is 0 Å². The largest absolute Gasteiger partial charge is 0.318 e. The van der Waals surface area contributed by atoms with Crippen molar-refractivity contribution < 1.29 is 0 Å². The van der Waals surface area contributed by atoms with Gasteiger partial charge in [-0.1, -0.05) is 6.07 Å². The van der Waals surface area contributed by atoms with E-state index in [9.17, 15) is 0 Å². The van der Waals surface area contributed by atoms with Gasteiger partial charge in [-0.25, -0.2) is 4.98 Å². The molecule has 1 aromatic rings. The molecule has 0 radical (unpaired) electrons. The summed E-state index contributed by atoms with van der Waals surface area (Å²) >= 11 is 0. The highest BCUT2D eigenvalue weighted by Crippen LogP contribution is 2.05. The van der Waals surface area contributed by atoms with Crippen molar-refractivity contribution in [2.45, 2.75) is 6.92 Å². The maximum atomic E-state index is 7.32. The van der Waals surface area contributed by atoms with Crippen molar-refractivity contribution in [3.63, 3.8) is 0 Å². The minimum Gasteiger partial charge on any atom is -0.318 e. The highest BCUT2D eigenvalue weighted by Gasteiger charge is 2.00. The quantitative estimate of drug-likeness (QED) is 0.485. The number of rotatable bonds is 1. The molecule has 0 fully saturated rings. The van der Waals surface area contributed by atoms with Crippen LogP contribution in [0.2, 0.25) is 0 Å². The molecular weight excluding hydrogens is 138 g/mol. The van der Waals surface area contributed by atoms with Crippen molar-refractivity contribution in [2.24, 2.45) is 0 Å². The molecule has 3 nitrogen and oxygen atoms in total. The van der Waals surface area contributed by atoms with Gasteiger partial charge in [-0.05, 0) is 19.1 Å². The Morgan fingerprint density at radius 3 is 2.73 bits per heavy atom. The van der Waals surface area contributed by atoms with Gasteiger partial charge >= 0.3 is 0 Å². The molecule has 0 aromatic carbocycles. The van der Waals surface area contributed by atoms with Crippen LogP contribution in [0.1, 0.15) is 6.92 Å². The number of nitrogens with zero attached hydrogens (tertiary/aromatic N) is 2. The number of hydrogen-bond donors (Lipinski definition) is 1. The van der Waals surface area contributed by atoms with Gasteiger partial charge < -0.3 is 4.90 Å². The summed E-state index contributed by atoms with van der Waals surface area (Å²) in [6.07, 6.45) is 1.72. The van der Waals surface area contributed by atoms with E-state index >= 15 is 0 Å². The van der Waals surface area contributed by atoms with Crippen molar-refractivity contribution in [3.05, 3.63) is 24.4 Å². The Bertz CT molecular complexity index is 243. The molecule has 1 heterocycles. The summed E-state index contributed by atoms with van der Waals surface area (Å²) in [7, 11) is 1.82. The lowest BCUT2D eigenvalue weighted by Gasteiger charge is -2.14. The van der Waals surface area contributed by atoms with Crippen LogP contribution in [0, 0.1) is 5.41 Å². The maximum absolute atomic E-state index is 7.32. The van der Waals surface area contributed by atoms with E-state index in [4.69, 9.17) is 5.41 Å². The fraction of sp³-hybridized carbons (Fsp3) is 0.250. The van der Waals surface area contributed by atoms with Gasteiger partial charge in [0.25, 0.3) is 0 Å². The Hall–Kier alpha value is -1.38. The van der Waals surface area contributed by atoms with Gasteiger partial charge in [-0.15, -0.1) is 0 Å². The summed E-state index contributed by atoms with van der Waals surface area (Å²) in [6.45, 7) is 1.73. The second-order valence-electron chi connectivity index (χ2n) is 2.33. The average molecular weight is 149 g/mol. The molecular formula is C8H11N3. The molecule has 58 valence electrons. The lowest BCUT2D eigenvalue weighted by molar-refractivity contribution is 1.14. The highest BCUT2D eigenvalue weighted by molar-refractivity contribution is 5.91. The predicted molar refractivity (Wildman–Crippen MR) is 46.0 cm³/mol. The fourth-order valence-electron chi connectivity index (χ4n) is 0.724. The standard InChI is InChI=1S/C8H11N3/c1-7(9)11(2)8-5-3-4-6-10-8/h3-6,9H,1-2H3. The molecule has 0 amide bonds. The molecule has 0 aliphatic carbocycles. The summed E-state index contributed by atoms with van der Waals surface area (Å²) in [4.78, 5) is 5.81. The molecule has 0 unspecified atom stereocenters. The van der Waals surface area contributed by atoms with Crippen LogP contribution in [0.3, 0.4) is 0 Å². The van der Waals surface area contributed by atoms with Crippen molar-refractivity contribution in [3.8, 4) is 0 Å². The third-order valence-electron chi connectivity index (χ3n) is 1.50. The molecule has 0 saturated heterocycles. The van der Waals surface area contributed by atoms with Crippen LogP contribution in [0.25, 0.3) is 0 Å². The summed E-state index contributed by atoms with van der Waals surface area (Å²) < 4.78 is 0. The summed E-state index contributed by atoms with van der Waals surface area (Å²) in [5, 5.41) is 7.32. The third-order valence-corrected chi connectivity index (χ3v) is 1.50. The molecule has 0 atom stereocenters. The number of aromatic nitrogens is 1. The molecule has 0 saturated carbocycles. The number of amidine groups is 1. The van der Waals surface area contributed by atoms with E-state index in [2.05, 4.69) is 4.98 Å². The molecule has 0 aliphatic heterocycles. The summed E-state index contributed by atoms with van der Waals surface area (Å²) in [5.41, 5.74) is 0. The SMILES string of the molecule is CC(=N)N(C)c1ccccn1. The molecule has 1 N–H and O–H groups in total. The second-order valence-corrected chi connectivity index (χ2v) is 2.33. The van der Waals surface area contributed by atoms with Gasteiger partial charge in [-0.3, -0.25) is 5.41 Å². The van der Waals surface area contributed by atoms with Gasteiger partial charge in [0, 0.05) is 13.2 Å². The second kappa shape index (κ2) is 3.14. The third kappa shape index (κ3) is 1.77. The van der Waals surface area contributed by atoms with Crippen LogP contribution in [0.4, 0.5) is 5.82 Å². The average Bonchev–Trinajstić information content (AvgIpc) is 2.05. The summed E-state index contributed by atoms with van der Waals surface area (Å²) in [6, 6.07) is 5.64. The molecule has 3 heteroatoms. The van der Waals surface area contributed by atoms with Gasteiger partial charge in [0.05, 0.1) is 5.84 Å². The van der Waals surface area contributed by atoms with Crippen LogP contribution >= 0.6 is 0 Å². The minimum atomic E-state index is 0.490. The first-order valence-corrected chi connectivity index (χ1v) is 3.41. The summed E-state index contributed by atoms with van der Waals surface area (Å²) in [5.74, 6) is 1.30. The molecule has 1 aromatic heterocycles. The Kier molecular flexibility index (Phi) is 2.21. The van der Waals surface area contributed by atoms with Crippen LogP contribution in [-0.4, -0.2) is 17.9 Å². The van der Waals surface area contributed by atoms with E-state index in [0.717, 1.165) is 5.82 Å². The van der Waals surface area contributed by atoms with Crippen molar-refractivity contribution in [1.29, 1.82) is 5.41 Å². The van der Waals surface area contributed by atoms with Gasteiger partial charge in [-0.2, -0.15) is 0 Å². The Balaban J connectivity index is 2.85. The fourth-order valence-corrected chi connectivity index (χ4v) is 0.724. The van der Waals surface area contributed by atoms with Gasteiger partial charge in [0.1, 0.15) is 5.82 Å². The molecule has 0 aliphatic rings. The topological polar surface area (TPSA) is 40.0 Å². The number of hydrogen-bond acceptors (Lipinski definition) is 2. The Labute approximate surface area is 66.2 Å². The van der Waals surface area contributed by atoms with Crippen LogP contribution in [0.15, 0.2) is 24.4 Å². The maximum Gasteiger partial charge on any atom is 0.133 e. The smallest absolute Gasteiger partial charge is 0.133 e. The van der Waals surface area contributed by atoms with Crippen molar-refractivity contribution in [2.75, 3.05) is 11.9 Å². The first-order valence-electron chi connectivity index (χ1n) is 3.41. The van der Waals surface area contributed by atoms with Crippen LogP contribution < -0.4 is 4.90 Å². The Morgan fingerprint density at radius 2 is 2.27 bits per heavy atom. The van der Waals surface area contributed by atoms with E-state index in [1.165, 1.54) is 0 Å². The van der Waals surface area contributed by atoms with E-state index in [1.54, 1.807) is 18.0 Å². The zero-order chi connectivity index (χ0) is 8.27. The molecule has 1 rings (SSSR count). The molecule has 0 bridgehead atoms. The molecule has 0 spiro atoms. The van der Waals surface area contributed by atoms with Crippen LogP contribution in [-0.2, 0) is 0 Å². The van der Waals surface area contributed by atoms with Gasteiger partial charge in [0.2, 0.25) is 0 Å². The Morgan fingerprint density at radius 1 is 1.55 bits per heavy atom. The first-order chi connectivity index (χ1) is 5.22. The van der Waals surface area contributed by atoms with Gasteiger partial charge in [0.15, 0.2) is 0 Å². The van der Waals surface area contributed by atoms with E-state index < -0.39 is 0 Å². The predicted octanol–water partition coefficient (Wildman–Crippen LogP) is 1.51. The number of pyridine rings is 1. The lowest BCUT2D eigenvalue weighted by Crippen LogP contribution is -2.22. The van der Waals surface area contributed by atoms with Crippen molar-refractivity contribution >= 4 is 11.7 Å². The highest BCUT2D eigenvalue weighted by atomic mass is 15.2. The minimum absolute atomic E-state index is 0.490. The van der Waals surface area contributed by atoms with E-state index in [0.29, 0.717) is 5.84 Å². The van der Waals surface area contributed by atoms with Crippen molar-refractivity contribution in [1.82, 2.24) is 4.98 Å².